The molecule has 0 amide bonds. The fourth-order valence-corrected chi connectivity index (χ4v) is 2.80. The summed E-state index contributed by atoms with van der Waals surface area (Å²) in [6.45, 7) is 7.05. The molecule has 0 aromatic carbocycles. The molecule has 0 aliphatic rings. The first-order chi connectivity index (χ1) is 10.7. The van der Waals surface area contributed by atoms with Crippen molar-refractivity contribution in [1.29, 1.82) is 0 Å². The minimum absolute atomic E-state index is 0.0657. The van der Waals surface area contributed by atoms with Gasteiger partial charge >= 0.3 is 16.4 Å². The highest BCUT2D eigenvalue weighted by Crippen LogP contribution is 2.17. The standard InChI is InChI=1S/C17H34O5S/c1-5-6-7-8-9-10-11-12-13-14-15-21-23(19,20)22-16(18)17(2,3)4/h5-15H2,1-4H3. The van der Waals surface area contributed by atoms with E-state index in [0.29, 0.717) is 6.42 Å². The molecule has 0 N–H and O–H groups in total. The average Bonchev–Trinajstić information content (AvgIpc) is 2.43. The minimum Gasteiger partial charge on any atom is -0.324 e. The maximum absolute atomic E-state index is 11.5. The molecular formula is C17H34O5S. The number of hydrogen-bond acceptors (Lipinski definition) is 5. The average molecular weight is 351 g/mol. The zero-order valence-electron chi connectivity index (χ0n) is 15.2. The molecule has 0 saturated heterocycles. The lowest BCUT2D eigenvalue weighted by molar-refractivity contribution is -0.143. The lowest BCUT2D eigenvalue weighted by atomic mass is 9.98. The lowest BCUT2D eigenvalue weighted by Gasteiger charge is -2.15. The number of carbonyl (C=O) groups excluding carboxylic acids is 1. The third-order valence-corrected chi connectivity index (χ3v) is 4.33. The summed E-state index contributed by atoms with van der Waals surface area (Å²) in [6, 6.07) is 0. The van der Waals surface area contributed by atoms with Crippen molar-refractivity contribution in [3.05, 3.63) is 0 Å². The maximum Gasteiger partial charge on any atom is 0.451 e. The minimum atomic E-state index is -4.22. The van der Waals surface area contributed by atoms with Crippen LogP contribution in [-0.4, -0.2) is 21.0 Å². The largest absolute Gasteiger partial charge is 0.451 e. The van der Waals surface area contributed by atoms with E-state index in [-0.39, 0.29) is 6.61 Å². The predicted molar refractivity (Wildman–Crippen MR) is 92.3 cm³/mol. The van der Waals surface area contributed by atoms with Crippen LogP contribution in [-0.2, 0) is 23.6 Å². The Balaban J connectivity index is 3.59. The zero-order chi connectivity index (χ0) is 17.8. The Morgan fingerprint density at radius 3 is 1.70 bits per heavy atom. The summed E-state index contributed by atoms with van der Waals surface area (Å²) in [4.78, 5) is 11.5. The molecule has 0 heterocycles. The molecule has 138 valence electrons. The third kappa shape index (κ3) is 13.5. The van der Waals surface area contributed by atoms with Gasteiger partial charge in [-0.05, 0) is 27.2 Å². The highest BCUT2D eigenvalue weighted by molar-refractivity contribution is 7.82. The molecule has 0 rings (SSSR count). The molecule has 0 aliphatic carbocycles. The molecule has 0 fully saturated rings. The van der Waals surface area contributed by atoms with Crippen LogP contribution in [0.3, 0.4) is 0 Å². The molecule has 0 bridgehead atoms. The van der Waals surface area contributed by atoms with E-state index in [4.69, 9.17) is 4.18 Å². The molecule has 0 aliphatic heterocycles. The van der Waals surface area contributed by atoms with Gasteiger partial charge in [0.1, 0.15) is 0 Å². The summed E-state index contributed by atoms with van der Waals surface area (Å²) < 4.78 is 32.1. The second-order valence-corrected chi connectivity index (χ2v) is 8.25. The number of hydrogen-bond donors (Lipinski definition) is 0. The van der Waals surface area contributed by atoms with Crippen molar-refractivity contribution in [1.82, 2.24) is 0 Å². The Labute approximate surface area is 142 Å². The molecule has 0 aromatic heterocycles. The third-order valence-electron chi connectivity index (χ3n) is 3.52. The van der Waals surface area contributed by atoms with E-state index in [1.807, 2.05) is 0 Å². The fraction of sp³-hybridized carbons (Fsp3) is 0.941. The lowest BCUT2D eigenvalue weighted by Crippen LogP contribution is -2.27. The van der Waals surface area contributed by atoms with Gasteiger partial charge in [-0.3, -0.25) is 4.79 Å². The zero-order valence-corrected chi connectivity index (χ0v) is 16.0. The van der Waals surface area contributed by atoms with E-state index in [1.165, 1.54) is 44.9 Å². The molecule has 0 atom stereocenters. The van der Waals surface area contributed by atoms with Gasteiger partial charge in [0.25, 0.3) is 0 Å². The Bertz CT molecular complexity index is 409. The Kier molecular flexibility index (Phi) is 11.5. The topological polar surface area (TPSA) is 69.7 Å². The molecule has 0 saturated carbocycles. The van der Waals surface area contributed by atoms with Crippen molar-refractivity contribution < 1.29 is 21.6 Å². The number of carbonyl (C=O) groups is 1. The van der Waals surface area contributed by atoms with Crippen molar-refractivity contribution >= 4 is 16.4 Å². The van der Waals surface area contributed by atoms with Crippen LogP contribution in [0.15, 0.2) is 0 Å². The predicted octanol–water partition coefficient (Wildman–Crippen LogP) is 4.76. The van der Waals surface area contributed by atoms with Gasteiger partial charge in [-0.1, -0.05) is 64.7 Å². The monoisotopic (exact) mass is 350 g/mol. The van der Waals surface area contributed by atoms with Crippen molar-refractivity contribution in [2.75, 3.05) is 6.61 Å². The Hall–Kier alpha value is -0.620. The van der Waals surface area contributed by atoms with E-state index in [2.05, 4.69) is 11.1 Å². The van der Waals surface area contributed by atoms with Gasteiger partial charge in [0, 0.05) is 0 Å². The molecule has 0 aromatic rings. The van der Waals surface area contributed by atoms with Crippen LogP contribution in [0.1, 0.15) is 91.9 Å². The summed E-state index contributed by atoms with van der Waals surface area (Å²) in [5.74, 6) is -0.805. The fourth-order valence-electron chi connectivity index (χ4n) is 1.99. The molecular weight excluding hydrogens is 316 g/mol. The number of unbranched alkanes of at least 4 members (excludes halogenated alkanes) is 9. The van der Waals surface area contributed by atoms with Gasteiger partial charge in [-0.15, -0.1) is 0 Å². The van der Waals surface area contributed by atoms with Gasteiger partial charge in [0.05, 0.1) is 12.0 Å². The van der Waals surface area contributed by atoms with Gasteiger partial charge in [-0.2, -0.15) is 8.42 Å². The molecule has 5 nitrogen and oxygen atoms in total. The summed E-state index contributed by atoms with van der Waals surface area (Å²) in [5, 5.41) is 0. The van der Waals surface area contributed by atoms with Crippen LogP contribution < -0.4 is 0 Å². The van der Waals surface area contributed by atoms with Crippen molar-refractivity contribution in [2.24, 2.45) is 5.41 Å². The summed E-state index contributed by atoms with van der Waals surface area (Å²) in [7, 11) is -4.22. The first-order valence-corrected chi connectivity index (χ1v) is 10.2. The van der Waals surface area contributed by atoms with Crippen LogP contribution in [0.25, 0.3) is 0 Å². The van der Waals surface area contributed by atoms with Gasteiger partial charge in [0.15, 0.2) is 0 Å². The maximum atomic E-state index is 11.5. The van der Waals surface area contributed by atoms with E-state index in [1.54, 1.807) is 20.8 Å². The number of rotatable bonds is 13. The Morgan fingerprint density at radius 1 is 0.826 bits per heavy atom. The second-order valence-electron chi connectivity index (χ2n) is 7.03. The second kappa shape index (κ2) is 11.8. The SMILES string of the molecule is CCCCCCCCCCCCOS(=O)(=O)OC(=O)C(C)(C)C. The first kappa shape index (κ1) is 22.4. The summed E-state index contributed by atoms with van der Waals surface area (Å²) in [5.41, 5.74) is -0.868. The van der Waals surface area contributed by atoms with Crippen LogP contribution in [0.5, 0.6) is 0 Å². The van der Waals surface area contributed by atoms with Crippen LogP contribution >= 0.6 is 0 Å². The van der Waals surface area contributed by atoms with Gasteiger partial charge in [0.2, 0.25) is 0 Å². The summed E-state index contributed by atoms with van der Waals surface area (Å²) >= 11 is 0. The van der Waals surface area contributed by atoms with E-state index < -0.39 is 21.8 Å². The van der Waals surface area contributed by atoms with Crippen molar-refractivity contribution in [2.45, 2.75) is 91.9 Å². The van der Waals surface area contributed by atoms with Crippen LogP contribution in [0, 0.1) is 5.41 Å². The van der Waals surface area contributed by atoms with Crippen LogP contribution in [0.4, 0.5) is 0 Å². The smallest absolute Gasteiger partial charge is 0.324 e. The molecule has 23 heavy (non-hydrogen) atoms. The highest BCUT2D eigenvalue weighted by Gasteiger charge is 2.29. The van der Waals surface area contributed by atoms with E-state index >= 15 is 0 Å². The van der Waals surface area contributed by atoms with Crippen LogP contribution in [0.2, 0.25) is 0 Å². The van der Waals surface area contributed by atoms with Crippen molar-refractivity contribution in [3.63, 3.8) is 0 Å². The van der Waals surface area contributed by atoms with Crippen molar-refractivity contribution in [3.8, 4) is 0 Å². The van der Waals surface area contributed by atoms with E-state index in [9.17, 15) is 13.2 Å². The highest BCUT2D eigenvalue weighted by atomic mass is 32.3. The van der Waals surface area contributed by atoms with Gasteiger partial charge < -0.3 is 4.18 Å². The quantitative estimate of drug-likeness (QED) is 0.448. The Morgan fingerprint density at radius 2 is 1.26 bits per heavy atom. The molecule has 0 radical (unpaired) electrons. The normalized spacial score (nSPS) is 12.3. The molecule has 6 heteroatoms. The van der Waals surface area contributed by atoms with E-state index in [0.717, 1.165) is 12.8 Å². The molecule has 0 unspecified atom stereocenters. The first-order valence-electron chi connectivity index (χ1n) is 8.82. The summed E-state index contributed by atoms with van der Waals surface area (Å²) in [6.07, 6.45) is 11.6. The van der Waals surface area contributed by atoms with Gasteiger partial charge in [-0.25, -0.2) is 4.18 Å². The molecule has 0 spiro atoms.